The molecule has 0 saturated carbocycles. The fourth-order valence-electron chi connectivity index (χ4n) is 4.33. The van der Waals surface area contributed by atoms with Gasteiger partial charge in [0.1, 0.15) is 12.7 Å². The second kappa shape index (κ2) is 13.0. The van der Waals surface area contributed by atoms with Gasteiger partial charge in [-0.05, 0) is 43.6 Å². The van der Waals surface area contributed by atoms with Crippen molar-refractivity contribution < 1.29 is 19.4 Å². The van der Waals surface area contributed by atoms with Crippen LogP contribution < -0.4 is 14.8 Å². The number of likely N-dealkylation sites (tertiary alicyclic amines) is 1. The molecule has 2 aliphatic rings. The Labute approximate surface area is 192 Å². The second-order valence-corrected chi connectivity index (χ2v) is 8.70. The number of aliphatic hydroxyl groups is 1. The first-order valence-electron chi connectivity index (χ1n) is 12.0. The number of hydrogen-bond donors (Lipinski definition) is 2. The molecular formula is C24H40N4O4. The minimum atomic E-state index is -0.531. The molecule has 0 bridgehead atoms. The zero-order valence-corrected chi connectivity index (χ0v) is 19.7. The van der Waals surface area contributed by atoms with E-state index in [-0.39, 0.29) is 12.5 Å². The summed E-state index contributed by atoms with van der Waals surface area (Å²) >= 11 is 0. The van der Waals surface area contributed by atoms with Crippen molar-refractivity contribution in [3.63, 3.8) is 0 Å². The van der Waals surface area contributed by atoms with E-state index in [1.165, 1.54) is 0 Å². The van der Waals surface area contributed by atoms with Gasteiger partial charge in [0.2, 0.25) is 5.91 Å². The van der Waals surface area contributed by atoms with Crippen molar-refractivity contribution in [2.75, 3.05) is 72.6 Å². The summed E-state index contributed by atoms with van der Waals surface area (Å²) < 4.78 is 11.4. The van der Waals surface area contributed by atoms with Gasteiger partial charge in [-0.15, -0.1) is 0 Å². The number of carbonyl (C=O) groups excluding carboxylic acids is 1. The van der Waals surface area contributed by atoms with Crippen LogP contribution in [-0.4, -0.2) is 104 Å². The molecule has 1 aromatic carbocycles. The Kier molecular flexibility index (Phi) is 10.1. The van der Waals surface area contributed by atoms with E-state index in [1.807, 2.05) is 23.1 Å². The Morgan fingerprint density at radius 1 is 1.12 bits per heavy atom. The Hall–Kier alpha value is -1.87. The molecule has 2 aliphatic heterocycles. The van der Waals surface area contributed by atoms with Crippen LogP contribution in [0.4, 0.5) is 0 Å². The Balaban J connectivity index is 1.36. The minimum Gasteiger partial charge on any atom is -0.493 e. The zero-order valence-electron chi connectivity index (χ0n) is 19.7. The number of aliphatic hydroxyl groups excluding tert-OH is 1. The molecule has 180 valence electrons. The number of rotatable bonds is 13. The molecule has 0 radical (unpaired) electrons. The fraction of sp³-hybridized carbons (Fsp3) is 0.708. The quantitative estimate of drug-likeness (QED) is 0.439. The molecule has 1 aromatic rings. The average Bonchev–Trinajstić information content (AvgIpc) is 3.22. The first-order valence-corrected chi connectivity index (χ1v) is 12.0. The molecular weight excluding hydrogens is 408 g/mol. The SMILES string of the molecule is CCN1CCN(C[C@H](O)COc2ccc(CNCCCN3CCCC3=O)cc2OC)CC1. The van der Waals surface area contributed by atoms with Crippen LogP contribution in [-0.2, 0) is 11.3 Å². The van der Waals surface area contributed by atoms with Gasteiger partial charge in [0.15, 0.2) is 11.5 Å². The molecule has 8 heteroatoms. The number of β-amino-alcohol motifs (C(OH)–C–C–N with tert-alkyl or cyclic N) is 1. The summed E-state index contributed by atoms with van der Waals surface area (Å²) in [5.74, 6) is 1.61. The number of piperazine rings is 1. The normalized spacial score (nSPS) is 18.8. The van der Waals surface area contributed by atoms with Gasteiger partial charge >= 0.3 is 0 Å². The average molecular weight is 449 g/mol. The third-order valence-electron chi connectivity index (χ3n) is 6.32. The number of methoxy groups -OCH3 is 1. The molecule has 3 rings (SSSR count). The van der Waals surface area contributed by atoms with Crippen LogP contribution in [0.2, 0.25) is 0 Å². The predicted octanol–water partition coefficient (Wildman–Crippen LogP) is 1.17. The second-order valence-electron chi connectivity index (χ2n) is 8.70. The standard InChI is InChI=1S/C24H40N4O4/c1-3-26-12-14-27(15-13-26)18-21(29)19-32-22-8-7-20(16-23(22)31-2)17-25-9-5-11-28-10-4-6-24(28)30/h7-8,16,21,25,29H,3-6,9-15,17-19H2,1-2H3/t21-/m0/s1. The van der Waals surface area contributed by atoms with Crippen molar-refractivity contribution in [1.29, 1.82) is 0 Å². The van der Waals surface area contributed by atoms with Gasteiger partial charge < -0.3 is 29.7 Å². The van der Waals surface area contributed by atoms with Crippen LogP contribution in [0, 0.1) is 0 Å². The van der Waals surface area contributed by atoms with Crippen molar-refractivity contribution in [1.82, 2.24) is 20.0 Å². The Morgan fingerprint density at radius 3 is 2.59 bits per heavy atom. The number of likely N-dealkylation sites (N-methyl/N-ethyl adjacent to an activating group) is 1. The largest absolute Gasteiger partial charge is 0.493 e. The smallest absolute Gasteiger partial charge is 0.222 e. The van der Waals surface area contributed by atoms with E-state index in [2.05, 4.69) is 22.0 Å². The third-order valence-corrected chi connectivity index (χ3v) is 6.32. The molecule has 0 aliphatic carbocycles. The molecule has 1 amide bonds. The number of carbonyl (C=O) groups is 1. The maximum absolute atomic E-state index is 11.6. The first-order chi connectivity index (χ1) is 15.6. The highest BCUT2D eigenvalue weighted by molar-refractivity contribution is 5.77. The van der Waals surface area contributed by atoms with Crippen LogP contribution in [0.5, 0.6) is 11.5 Å². The van der Waals surface area contributed by atoms with Crippen LogP contribution in [0.25, 0.3) is 0 Å². The molecule has 1 atom stereocenters. The maximum Gasteiger partial charge on any atom is 0.222 e. The lowest BCUT2D eigenvalue weighted by molar-refractivity contribution is -0.127. The maximum atomic E-state index is 11.6. The summed E-state index contributed by atoms with van der Waals surface area (Å²) in [5.41, 5.74) is 1.11. The number of nitrogens with zero attached hydrogens (tertiary/aromatic N) is 3. The molecule has 2 N–H and O–H groups in total. The highest BCUT2D eigenvalue weighted by Crippen LogP contribution is 2.28. The minimum absolute atomic E-state index is 0.247. The van der Waals surface area contributed by atoms with E-state index in [1.54, 1.807) is 7.11 Å². The van der Waals surface area contributed by atoms with Crippen molar-refractivity contribution in [3.8, 4) is 11.5 Å². The topological polar surface area (TPSA) is 77.5 Å². The summed E-state index contributed by atoms with van der Waals surface area (Å²) in [6, 6.07) is 5.90. The summed E-state index contributed by atoms with van der Waals surface area (Å²) in [6.45, 7) is 11.6. The van der Waals surface area contributed by atoms with Gasteiger partial charge in [-0.25, -0.2) is 0 Å². The molecule has 2 heterocycles. The molecule has 0 unspecified atom stereocenters. The van der Waals surface area contributed by atoms with E-state index in [4.69, 9.17) is 9.47 Å². The van der Waals surface area contributed by atoms with Gasteiger partial charge in [-0.3, -0.25) is 9.69 Å². The monoisotopic (exact) mass is 448 g/mol. The molecule has 2 saturated heterocycles. The predicted molar refractivity (Wildman–Crippen MR) is 125 cm³/mol. The van der Waals surface area contributed by atoms with Crippen molar-refractivity contribution in [2.45, 2.75) is 38.8 Å². The highest BCUT2D eigenvalue weighted by atomic mass is 16.5. The fourth-order valence-corrected chi connectivity index (χ4v) is 4.33. The first kappa shape index (κ1) is 24.8. The van der Waals surface area contributed by atoms with Crippen LogP contribution in [0.1, 0.15) is 31.7 Å². The van der Waals surface area contributed by atoms with Crippen LogP contribution >= 0.6 is 0 Å². The van der Waals surface area contributed by atoms with Gasteiger partial charge in [-0.1, -0.05) is 13.0 Å². The molecule has 0 spiro atoms. The van der Waals surface area contributed by atoms with Crippen molar-refractivity contribution >= 4 is 5.91 Å². The van der Waals surface area contributed by atoms with Crippen LogP contribution in [0.3, 0.4) is 0 Å². The summed E-state index contributed by atoms with van der Waals surface area (Å²) in [7, 11) is 1.64. The van der Waals surface area contributed by atoms with E-state index in [0.29, 0.717) is 24.5 Å². The lowest BCUT2D eigenvalue weighted by atomic mass is 10.2. The van der Waals surface area contributed by atoms with Gasteiger partial charge in [-0.2, -0.15) is 0 Å². The number of ether oxygens (including phenoxy) is 2. The molecule has 8 nitrogen and oxygen atoms in total. The van der Waals surface area contributed by atoms with Crippen molar-refractivity contribution in [3.05, 3.63) is 23.8 Å². The lowest BCUT2D eigenvalue weighted by Crippen LogP contribution is -2.49. The highest BCUT2D eigenvalue weighted by Gasteiger charge is 2.20. The number of hydrogen-bond acceptors (Lipinski definition) is 7. The lowest BCUT2D eigenvalue weighted by Gasteiger charge is -2.34. The van der Waals surface area contributed by atoms with E-state index < -0.39 is 6.10 Å². The van der Waals surface area contributed by atoms with Gasteiger partial charge in [0.05, 0.1) is 7.11 Å². The molecule has 0 aromatic heterocycles. The Bertz CT molecular complexity index is 709. The Morgan fingerprint density at radius 2 is 1.91 bits per heavy atom. The van der Waals surface area contributed by atoms with Crippen molar-refractivity contribution in [2.24, 2.45) is 0 Å². The third kappa shape index (κ3) is 7.62. The van der Waals surface area contributed by atoms with E-state index >= 15 is 0 Å². The van der Waals surface area contributed by atoms with Gasteiger partial charge in [0.25, 0.3) is 0 Å². The number of nitrogens with one attached hydrogen (secondary N) is 1. The zero-order chi connectivity index (χ0) is 22.8. The van der Waals surface area contributed by atoms with E-state index in [0.717, 1.165) is 77.3 Å². The molecule has 32 heavy (non-hydrogen) atoms. The number of benzene rings is 1. The molecule has 2 fully saturated rings. The number of amides is 1. The summed E-state index contributed by atoms with van der Waals surface area (Å²) in [4.78, 5) is 18.3. The summed E-state index contributed by atoms with van der Waals surface area (Å²) in [6.07, 6.45) is 2.12. The van der Waals surface area contributed by atoms with E-state index in [9.17, 15) is 9.90 Å². The summed E-state index contributed by atoms with van der Waals surface area (Å²) in [5, 5.41) is 13.8. The van der Waals surface area contributed by atoms with Gasteiger partial charge in [0, 0.05) is 58.8 Å². The van der Waals surface area contributed by atoms with Crippen LogP contribution in [0.15, 0.2) is 18.2 Å².